The molecule has 0 radical (unpaired) electrons. The van der Waals surface area contributed by atoms with Crippen LogP contribution in [0.1, 0.15) is 0 Å². The van der Waals surface area contributed by atoms with E-state index in [0.29, 0.717) is 35.2 Å². The summed E-state index contributed by atoms with van der Waals surface area (Å²) in [5.74, 6) is 3.29. The van der Waals surface area contributed by atoms with Gasteiger partial charge in [0.2, 0.25) is 11.9 Å². The topological polar surface area (TPSA) is 108 Å². The molecular weight excluding hydrogens is 923 g/mol. The van der Waals surface area contributed by atoms with Gasteiger partial charge in [0.05, 0.1) is 22.7 Å². The zero-order valence-corrected chi connectivity index (χ0v) is 40.8. The number of hydrogen-bond acceptors (Lipinski definition) is 10. The van der Waals surface area contributed by atoms with Gasteiger partial charge in [0.15, 0.2) is 23.3 Å². The van der Waals surface area contributed by atoms with Gasteiger partial charge in [-0.15, -0.1) is 0 Å². The van der Waals surface area contributed by atoms with Gasteiger partial charge in [-0.3, -0.25) is 0 Å². The summed E-state index contributed by atoms with van der Waals surface area (Å²) in [5.41, 5.74) is 9.47. The molecule has 9 aromatic carbocycles. The first kappa shape index (κ1) is 45.5. The summed E-state index contributed by atoms with van der Waals surface area (Å²) in [7, 11) is 0.510. The predicted molar refractivity (Wildman–Crippen MR) is 300 cm³/mol. The molecule has 0 bridgehead atoms. The minimum Gasteiger partial charge on any atom is -0.322 e. The van der Waals surface area contributed by atoms with Crippen molar-refractivity contribution in [3.8, 4) is 45.6 Å². The van der Waals surface area contributed by atoms with Gasteiger partial charge in [-0.2, -0.15) is 19.9 Å². The Bertz CT molecular complexity index is 3170. The number of rotatable bonds is 16. The van der Waals surface area contributed by atoms with Crippen LogP contribution in [0.4, 0.5) is 46.0 Å². The van der Waals surface area contributed by atoms with Crippen LogP contribution in [0.25, 0.3) is 45.6 Å². The lowest BCUT2D eigenvalue weighted by Crippen LogP contribution is -2.15. The van der Waals surface area contributed by atoms with Crippen molar-refractivity contribution in [2.75, 3.05) is 20.0 Å². The lowest BCUT2D eigenvalue weighted by Gasteiger charge is -2.28. The summed E-state index contributed by atoms with van der Waals surface area (Å²) < 4.78 is 4.70. The van der Waals surface area contributed by atoms with Crippen molar-refractivity contribution in [1.82, 2.24) is 29.9 Å². The zero-order chi connectivity index (χ0) is 48.3. The Morgan fingerprint density at radius 1 is 0.264 bits per heavy atom. The van der Waals surface area contributed by atoms with E-state index in [4.69, 9.17) is 29.9 Å². The minimum atomic E-state index is 0.255. The van der Waals surface area contributed by atoms with E-state index in [9.17, 15) is 0 Å². The maximum atomic E-state index is 4.95. The number of aromatic nitrogens is 6. The molecule has 10 nitrogen and oxygen atoms in total. The number of benzene rings is 9. The largest absolute Gasteiger partial charge is 0.322 e. The fourth-order valence-electron chi connectivity index (χ4n) is 8.08. The van der Waals surface area contributed by atoms with Crippen LogP contribution in [0.15, 0.2) is 255 Å². The van der Waals surface area contributed by atoms with Crippen LogP contribution < -0.4 is 30.6 Å². The fraction of sp³-hybridized carbons (Fsp3) is 0. The Kier molecular flexibility index (Phi) is 13.8. The van der Waals surface area contributed by atoms with E-state index in [0.717, 1.165) is 56.4 Å². The quantitative estimate of drug-likeness (QED) is 0.0909. The highest BCUT2D eigenvalue weighted by atomic mass is 31.1. The highest BCUT2D eigenvalue weighted by Gasteiger charge is 2.20. The molecule has 11 rings (SSSR count). The molecule has 72 heavy (non-hydrogen) atoms. The smallest absolute Gasteiger partial charge is 0.231 e. The normalized spacial score (nSPS) is 11.2. The van der Waals surface area contributed by atoms with Crippen LogP contribution in [-0.4, -0.2) is 29.9 Å². The first-order valence-electron chi connectivity index (χ1n) is 23.5. The van der Waals surface area contributed by atoms with Crippen molar-refractivity contribution in [1.29, 1.82) is 0 Å². The van der Waals surface area contributed by atoms with Gasteiger partial charge in [0.1, 0.15) is 0 Å². The van der Waals surface area contributed by atoms with E-state index in [-0.39, 0.29) is 17.5 Å². The summed E-state index contributed by atoms with van der Waals surface area (Å²) in [4.78, 5) is 29.6. The highest BCUT2D eigenvalue weighted by Crippen LogP contribution is 2.43. The van der Waals surface area contributed by atoms with Crippen LogP contribution in [0.5, 0.6) is 0 Å². The monoisotopic (exact) mass is 968 g/mol. The maximum Gasteiger partial charge on any atom is 0.231 e. The molecule has 0 fully saturated rings. The minimum absolute atomic E-state index is 0.255. The molecule has 0 amide bonds. The van der Waals surface area contributed by atoms with Gasteiger partial charge in [-0.25, -0.2) is 9.97 Å². The average Bonchev–Trinajstić information content (AvgIpc) is 3.46. The number of nitrogens with one attached hydrogen (secondary N) is 2. The summed E-state index contributed by atoms with van der Waals surface area (Å²) in [6, 6.07) is 86.7. The third kappa shape index (κ3) is 10.8. The molecule has 0 aliphatic carbocycles. The number of hydrogen-bond donors (Lipinski definition) is 2. The molecule has 12 heteroatoms. The summed E-state index contributed by atoms with van der Waals surface area (Å²) in [6.07, 6.45) is 0. The van der Waals surface area contributed by atoms with E-state index in [2.05, 4.69) is 129 Å². The molecule has 0 saturated carbocycles. The molecule has 2 atom stereocenters. The van der Waals surface area contributed by atoms with Crippen molar-refractivity contribution in [3.63, 3.8) is 0 Å². The van der Waals surface area contributed by atoms with Crippen LogP contribution >= 0.6 is 17.5 Å². The van der Waals surface area contributed by atoms with Crippen molar-refractivity contribution >= 4 is 74.1 Å². The fourth-order valence-corrected chi connectivity index (χ4v) is 10.4. The SMILES string of the molecule is c1ccc(-c2nc(Nc3ccccc3N(Pc3ccc(PN(c4ccccc4)c4ccccc4Nc4nc(-c5ccccc5)nc(-c5ccccc5)n4)cc3)c3ccccc3)nc(-c3ccccc3)n2)cc1. The molecule has 346 valence electrons. The second kappa shape index (κ2) is 21.8. The Balaban J connectivity index is 0.893. The van der Waals surface area contributed by atoms with E-state index in [1.807, 2.05) is 146 Å². The van der Waals surface area contributed by atoms with E-state index >= 15 is 0 Å². The Labute approximate surface area is 422 Å². The number of para-hydroxylation sites is 6. The van der Waals surface area contributed by atoms with Gasteiger partial charge < -0.3 is 20.0 Å². The first-order valence-corrected chi connectivity index (χ1v) is 25.4. The predicted octanol–water partition coefficient (Wildman–Crippen LogP) is 14.3. The van der Waals surface area contributed by atoms with Crippen LogP contribution in [-0.2, 0) is 0 Å². The molecule has 2 heterocycles. The number of anilines is 8. The Morgan fingerprint density at radius 3 is 0.833 bits per heavy atom. The Hall–Kier alpha value is -8.94. The maximum absolute atomic E-state index is 4.95. The van der Waals surface area contributed by atoms with Gasteiger partial charge in [-0.05, 0) is 59.1 Å². The van der Waals surface area contributed by atoms with E-state index in [1.165, 1.54) is 10.6 Å². The molecule has 0 spiro atoms. The third-order valence-corrected chi connectivity index (χ3v) is 14.2. The lowest BCUT2D eigenvalue weighted by molar-refractivity contribution is 1.07. The molecule has 2 aromatic heterocycles. The molecule has 0 saturated heterocycles. The van der Waals surface area contributed by atoms with E-state index < -0.39 is 0 Å². The van der Waals surface area contributed by atoms with Crippen molar-refractivity contribution in [3.05, 3.63) is 255 Å². The van der Waals surface area contributed by atoms with Crippen LogP contribution in [0, 0.1) is 0 Å². The van der Waals surface area contributed by atoms with Crippen LogP contribution in [0.2, 0.25) is 0 Å². The molecule has 0 aliphatic heterocycles. The number of nitrogens with zero attached hydrogens (tertiary/aromatic N) is 8. The highest BCUT2D eigenvalue weighted by molar-refractivity contribution is 7.50. The Morgan fingerprint density at radius 2 is 0.528 bits per heavy atom. The summed E-state index contributed by atoms with van der Waals surface area (Å²) in [5, 5.41) is 9.57. The molecular formula is C60H46N10P2. The molecule has 11 aromatic rings. The van der Waals surface area contributed by atoms with Crippen molar-refractivity contribution in [2.24, 2.45) is 0 Å². The van der Waals surface area contributed by atoms with Gasteiger partial charge in [0.25, 0.3) is 0 Å². The van der Waals surface area contributed by atoms with Crippen LogP contribution in [0.3, 0.4) is 0 Å². The lowest BCUT2D eigenvalue weighted by atomic mass is 10.2. The van der Waals surface area contributed by atoms with Gasteiger partial charge >= 0.3 is 0 Å². The first-order chi connectivity index (χ1) is 35.7. The van der Waals surface area contributed by atoms with Gasteiger partial charge in [0, 0.05) is 51.1 Å². The third-order valence-electron chi connectivity index (χ3n) is 11.6. The van der Waals surface area contributed by atoms with Crippen molar-refractivity contribution < 1.29 is 0 Å². The average molecular weight is 969 g/mol. The zero-order valence-electron chi connectivity index (χ0n) is 38.8. The van der Waals surface area contributed by atoms with E-state index in [1.54, 1.807) is 0 Å². The molecule has 0 aliphatic rings. The summed E-state index contributed by atoms with van der Waals surface area (Å²) in [6.45, 7) is 0. The summed E-state index contributed by atoms with van der Waals surface area (Å²) >= 11 is 0. The second-order valence-corrected chi connectivity index (χ2v) is 19.0. The van der Waals surface area contributed by atoms with Crippen molar-refractivity contribution in [2.45, 2.75) is 0 Å². The standard InChI is InChI=1S/C60H46N10P2/c1-7-23-43(24-8-1)55-63-56(44-25-9-2-10-26-44)66-59(65-55)61-51-35-19-21-37-53(51)69(47-31-15-5-16-32-47)71-49-39-41-50(42-40-49)72-70(48-33-17-6-18-34-48)54-38-22-20-36-52(54)62-60-67-57(45-27-11-3-12-28-45)64-58(68-60)46-29-13-4-14-30-46/h1-42,71-72H,(H,61,63,65,66)(H,62,64,67,68). The second-order valence-electron chi connectivity index (χ2n) is 16.5. The van der Waals surface area contributed by atoms with Gasteiger partial charge in [-0.1, -0.05) is 206 Å². The molecule has 2 unspecified atom stereocenters. The molecule has 2 N–H and O–H groups in total.